The summed E-state index contributed by atoms with van der Waals surface area (Å²) in [5.74, 6) is -0.0829. The van der Waals surface area contributed by atoms with Crippen LogP contribution in [0.3, 0.4) is 0 Å². The summed E-state index contributed by atoms with van der Waals surface area (Å²) < 4.78 is 11.5. The summed E-state index contributed by atoms with van der Waals surface area (Å²) in [7, 11) is 0. The maximum absolute atomic E-state index is 12.5. The number of nitrogens with zero attached hydrogens (tertiary/aromatic N) is 4. The Morgan fingerprint density at radius 2 is 2.04 bits per heavy atom. The minimum Gasteiger partial charge on any atom is -0.347 e. The highest BCUT2D eigenvalue weighted by molar-refractivity contribution is 5.92. The van der Waals surface area contributed by atoms with Crippen LogP contribution in [0.1, 0.15) is 34.6 Å². The van der Waals surface area contributed by atoms with Crippen molar-refractivity contribution in [2.75, 3.05) is 31.2 Å². The number of hydrogen-bond donors (Lipinski definition) is 1. The second-order valence-electron chi connectivity index (χ2n) is 6.83. The summed E-state index contributed by atoms with van der Waals surface area (Å²) in [5.41, 5.74) is 2.07. The number of rotatable bonds is 4. The molecule has 2 aromatic heterocycles. The minimum atomic E-state index is -0.440. The smallest absolute Gasteiger partial charge is 0.270 e. The van der Waals surface area contributed by atoms with Crippen LogP contribution in [0, 0.1) is 6.92 Å². The quantitative estimate of drug-likeness (QED) is 0.872. The van der Waals surface area contributed by atoms with Gasteiger partial charge in [0.2, 0.25) is 5.95 Å². The first-order valence-corrected chi connectivity index (χ1v) is 9.19. The molecule has 27 heavy (non-hydrogen) atoms. The predicted octanol–water partition coefficient (Wildman–Crippen LogP) is 1.45. The van der Waals surface area contributed by atoms with Gasteiger partial charge in [-0.25, -0.2) is 9.97 Å². The van der Waals surface area contributed by atoms with Crippen molar-refractivity contribution >= 4 is 11.9 Å². The van der Waals surface area contributed by atoms with E-state index in [1.807, 2.05) is 19.1 Å². The third-order valence-corrected chi connectivity index (χ3v) is 4.87. The van der Waals surface area contributed by atoms with Crippen molar-refractivity contribution in [2.24, 2.45) is 0 Å². The molecule has 8 heteroatoms. The maximum atomic E-state index is 12.5. The fourth-order valence-electron chi connectivity index (χ4n) is 3.42. The molecule has 0 bridgehead atoms. The van der Waals surface area contributed by atoms with Gasteiger partial charge in [-0.15, -0.1) is 0 Å². The van der Waals surface area contributed by atoms with Gasteiger partial charge < -0.3 is 19.7 Å². The molecule has 0 atom stereocenters. The summed E-state index contributed by atoms with van der Waals surface area (Å²) in [4.78, 5) is 27.7. The predicted molar refractivity (Wildman–Crippen MR) is 98.3 cm³/mol. The monoisotopic (exact) mass is 369 g/mol. The summed E-state index contributed by atoms with van der Waals surface area (Å²) >= 11 is 0. The normalized spacial score (nSPS) is 18.6. The van der Waals surface area contributed by atoms with Gasteiger partial charge in [-0.3, -0.25) is 9.78 Å². The Labute approximate surface area is 157 Å². The molecular weight excluding hydrogens is 346 g/mol. The average molecular weight is 369 g/mol. The zero-order valence-electron chi connectivity index (χ0n) is 15.4. The molecule has 2 fully saturated rings. The molecule has 4 rings (SSSR count). The Bertz CT molecular complexity index is 798. The van der Waals surface area contributed by atoms with E-state index in [9.17, 15) is 4.79 Å². The fourth-order valence-corrected chi connectivity index (χ4v) is 3.42. The van der Waals surface area contributed by atoms with Crippen LogP contribution in [-0.2, 0) is 16.0 Å². The lowest BCUT2D eigenvalue weighted by Gasteiger charge is -2.37. The average Bonchev–Trinajstić information content (AvgIpc) is 3.15. The molecule has 2 aliphatic heterocycles. The number of aryl methyl sites for hydroxylation is 1. The molecule has 2 aliphatic rings. The summed E-state index contributed by atoms with van der Waals surface area (Å²) in [5, 5.41) is 2.88. The van der Waals surface area contributed by atoms with Gasteiger partial charge in [0.25, 0.3) is 5.91 Å². The highest BCUT2D eigenvalue weighted by Gasteiger charge is 2.40. The number of carbonyl (C=O) groups excluding carboxylic acids is 1. The Hall–Kier alpha value is -2.58. The largest absolute Gasteiger partial charge is 0.347 e. The van der Waals surface area contributed by atoms with Crippen molar-refractivity contribution in [3.63, 3.8) is 0 Å². The van der Waals surface area contributed by atoms with E-state index < -0.39 is 5.79 Å². The van der Waals surface area contributed by atoms with E-state index in [1.54, 1.807) is 18.5 Å². The number of pyridine rings is 1. The summed E-state index contributed by atoms with van der Waals surface area (Å²) in [6.45, 7) is 5.06. The molecule has 1 amide bonds. The van der Waals surface area contributed by atoms with Gasteiger partial charge >= 0.3 is 0 Å². The molecule has 8 nitrogen and oxygen atoms in total. The molecular formula is C19H23N5O3. The lowest BCUT2D eigenvalue weighted by atomic mass is 10.0. The number of piperidine rings is 1. The number of hydrogen-bond acceptors (Lipinski definition) is 7. The van der Waals surface area contributed by atoms with Crippen molar-refractivity contribution in [1.82, 2.24) is 20.3 Å². The number of amides is 1. The van der Waals surface area contributed by atoms with Gasteiger partial charge in [0.15, 0.2) is 5.79 Å². The van der Waals surface area contributed by atoms with Crippen molar-refractivity contribution in [3.05, 3.63) is 47.5 Å². The first kappa shape index (κ1) is 17.8. The molecule has 4 heterocycles. The molecule has 0 radical (unpaired) electrons. The number of nitrogens with one attached hydrogen (secondary N) is 1. The van der Waals surface area contributed by atoms with Crippen LogP contribution in [0.2, 0.25) is 0 Å². The van der Waals surface area contributed by atoms with Crippen LogP contribution < -0.4 is 10.2 Å². The molecule has 0 aromatic carbocycles. The van der Waals surface area contributed by atoms with Gasteiger partial charge in [0.1, 0.15) is 5.69 Å². The van der Waals surface area contributed by atoms with Crippen molar-refractivity contribution < 1.29 is 14.3 Å². The molecule has 2 aromatic rings. The van der Waals surface area contributed by atoms with Gasteiger partial charge in [-0.2, -0.15) is 0 Å². The molecule has 0 unspecified atom stereocenters. The Morgan fingerprint density at radius 3 is 2.74 bits per heavy atom. The first-order valence-electron chi connectivity index (χ1n) is 9.19. The van der Waals surface area contributed by atoms with E-state index >= 15 is 0 Å². The standard InChI is InChI=1S/C19H23N5O3/c1-14-11-16(17(25)21-13-15-3-2-6-20-12-15)23-18(22-14)24-7-4-19(5-8-24)26-9-10-27-19/h2-3,6,11-12H,4-5,7-10,13H2,1H3,(H,21,25). The van der Waals surface area contributed by atoms with Crippen LogP contribution in [-0.4, -0.2) is 52.9 Å². The third-order valence-electron chi connectivity index (χ3n) is 4.87. The van der Waals surface area contributed by atoms with Crippen molar-refractivity contribution in [3.8, 4) is 0 Å². The lowest BCUT2D eigenvalue weighted by Crippen LogP contribution is -2.45. The Kier molecular flexibility index (Phi) is 5.00. The zero-order valence-corrected chi connectivity index (χ0v) is 15.4. The van der Waals surface area contributed by atoms with E-state index in [4.69, 9.17) is 9.47 Å². The van der Waals surface area contributed by atoms with E-state index in [1.165, 1.54) is 0 Å². The van der Waals surface area contributed by atoms with E-state index in [0.29, 0.717) is 31.4 Å². The van der Waals surface area contributed by atoms with Crippen LogP contribution in [0.5, 0.6) is 0 Å². The van der Waals surface area contributed by atoms with Crippen LogP contribution in [0.15, 0.2) is 30.6 Å². The molecule has 2 saturated heterocycles. The van der Waals surface area contributed by atoms with Gasteiger partial charge in [-0.05, 0) is 24.6 Å². The van der Waals surface area contributed by atoms with Gasteiger partial charge in [0, 0.05) is 50.6 Å². The number of aromatic nitrogens is 3. The summed E-state index contributed by atoms with van der Waals surface area (Å²) in [6.07, 6.45) is 4.98. The van der Waals surface area contributed by atoms with Crippen molar-refractivity contribution in [2.45, 2.75) is 32.1 Å². The molecule has 0 saturated carbocycles. The lowest BCUT2D eigenvalue weighted by molar-refractivity contribution is -0.169. The molecule has 1 N–H and O–H groups in total. The van der Waals surface area contributed by atoms with Gasteiger partial charge in [0.05, 0.1) is 13.2 Å². The van der Waals surface area contributed by atoms with Crippen LogP contribution in [0.25, 0.3) is 0 Å². The second-order valence-corrected chi connectivity index (χ2v) is 6.83. The van der Waals surface area contributed by atoms with E-state index in [-0.39, 0.29) is 5.91 Å². The van der Waals surface area contributed by atoms with Crippen LogP contribution >= 0.6 is 0 Å². The third kappa shape index (κ3) is 4.06. The zero-order chi connectivity index (χ0) is 18.7. The number of anilines is 1. The van der Waals surface area contributed by atoms with Crippen LogP contribution in [0.4, 0.5) is 5.95 Å². The summed E-state index contributed by atoms with van der Waals surface area (Å²) in [6, 6.07) is 5.46. The first-order chi connectivity index (χ1) is 13.1. The molecule has 0 aliphatic carbocycles. The Balaban J connectivity index is 1.42. The van der Waals surface area contributed by atoms with E-state index in [2.05, 4.69) is 25.2 Å². The maximum Gasteiger partial charge on any atom is 0.270 e. The highest BCUT2D eigenvalue weighted by Crippen LogP contribution is 2.32. The number of ether oxygens (including phenoxy) is 2. The second kappa shape index (κ2) is 7.58. The Morgan fingerprint density at radius 1 is 1.26 bits per heavy atom. The highest BCUT2D eigenvalue weighted by atomic mass is 16.7. The SMILES string of the molecule is Cc1cc(C(=O)NCc2cccnc2)nc(N2CCC3(CC2)OCCO3)n1. The minimum absolute atomic E-state index is 0.221. The van der Waals surface area contributed by atoms with Crippen molar-refractivity contribution in [1.29, 1.82) is 0 Å². The molecule has 142 valence electrons. The topological polar surface area (TPSA) is 89.5 Å². The molecule has 1 spiro atoms. The number of carbonyl (C=O) groups is 1. The fraction of sp³-hybridized carbons (Fsp3) is 0.474. The van der Waals surface area contributed by atoms with Gasteiger partial charge in [-0.1, -0.05) is 6.07 Å². The van der Waals surface area contributed by atoms with E-state index in [0.717, 1.165) is 37.2 Å².